The SMILES string of the molecule is [Cl-].[Cl-].[Hf+4].[NH-]C(=O)C1CC2CCC1C2.c1ccc([Si]c2ccccc2)cc1.c1ccc2c(c1)[cH-]c1ccccc12. The van der Waals surface area contributed by atoms with E-state index in [0.717, 1.165) is 21.9 Å². The second-order valence-corrected chi connectivity index (χ2v) is 11.2. The van der Waals surface area contributed by atoms with Crippen molar-refractivity contribution in [1.82, 2.24) is 0 Å². The second-order valence-electron chi connectivity index (χ2n) is 9.82. The van der Waals surface area contributed by atoms with Crippen LogP contribution >= 0.6 is 0 Å². The van der Waals surface area contributed by atoms with Gasteiger partial charge in [-0.25, -0.2) is 0 Å². The van der Waals surface area contributed by atoms with Crippen LogP contribution in [0.2, 0.25) is 0 Å². The van der Waals surface area contributed by atoms with Crippen molar-refractivity contribution < 1.29 is 55.5 Å². The molecule has 0 heterocycles. The quantitative estimate of drug-likeness (QED) is 0.202. The molecule has 2 aliphatic carbocycles. The van der Waals surface area contributed by atoms with E-state index in [0.29, 0.717) is 5.92 Å². The molecular weight excluding hydrogens is 704 g/mol. The Morgan fingerprint density at radius 2 is 1.13 bits per heavy atom. The number of rotatable bonds is 3. The van der Waals surface area contributed by atoms with Gasteiger partial charge in [0.1, 0.15) is 9.52 Å². The first kappa shape index (κ1) is 33.1. The molecule has 0 aliphatic heterocycles. The number of hydrogen-bond acceptors (Lipinski definition) is 1. The summed E-state index contributed by atoms with van der Waals surface area (Å²) < 4.78 is 0. The maximum Gasteiger partial charge on any atom is 4.00 e. The molecule has 1 amide bonds. The molecule has 2 bridgehead atoms. The minimum atomic E-state index is -0.313. The zero-order chi connectivity index (χ0) is 24.7. The average Bonchev–Trinajstić information content (AvgIpc) is 3.65. The summed E-state index contributed by atoms with van der Waals surface area (Å²) in [7, 11) is 0.777. The van der Waals surface area contributed by atoms with E-state index in [1.54, 1.807) is 0 Å². The Balaban J connectivity index is 0.000000199. The van der Waals surface area contributed by atoms with Crippen molar-refractivity contribution in [3.8, 4) is 0 Å². The van der Waals surface area contributed by atoms with Crippen molar-refractivity contribution >= 4 is 47.3 Å². The summed E-state index contributed by atoms with van der Waals surface area (Å²) in [5.74, 6) is 1.20. The van der Waals surface area contributed by atoms with Crippen LogP contribution in [-0.2, 0) is 30.6 Å². The standard InChI is InChI=1S/C13H9.C12H10Si.C8H13NO.2ClH.Hf/c1-3-7-12-10(5-1)9-11-6-2-4-8-13(11)12;1-3-7-11(8-4-1)13-12-9-5-2-6-10-12;9-8(10)7-4-5-1-2-6(7)3-5;;;/h1-9H;1-10H;5-7H,1-4H2,(H2,9,10);2*1H;/q-1;;;;;+4/p-3. The molecule has 2 aliphatic rings. The van der Waals surface area contributed by atoms with Crippen molar-refractivity contribution in [1.29, 1.82) is 0 Å². The second kappa shape index (κ2) is 16.2. The maximum atomic E-state index is 10.7. The van der Waals surface area contributed by atoms with Gasteiger partial charge in [0.25, 0.3) is 0 Å². The van der Waals surface area contributed by atoms with Gasteiger partial charge in [-0.3, -0.25) is 0 Å². The van der Waals surface area contributed by atoms with Gasteiger partial charge in [-0.1, -0.05) is 114 Å². The number of amides is 1. The smallest absolute Gasteiger partial charge is 1.00 e. The van der Waals surface area contributed by atoms with E-state index in [2.05, 4.69) is 115 Å². The minimum absolute atomic E-state index is 0. The fraction of sp³-hybridized carbons (Fsp3) is 0.212. The zero-order valence-electron chi connectivity index (χ0n) is 21.7. The van der Waals surface area contributed by atoms with Gasteiger partial charge >= 0.3 is 25.8 Å². The van der Waals surface area contributed by atoms with Crippen LogP contribution in [0.3, 0.4) is 0 Å². The number of carbonyl (C=O) groups excluding carboxylic acids is 1. The Morgan fingerprint density at radius 1 is 0.667 bits per heavy atom. The minimum Gasteiger partial charge on any atom is -1.00 e. The molecule has 2 saturated carbocycles. The van der Waals surface area contributed by atoms with Gasteiger partial charge in [0.2, 0.25) is 0 Å². The van der Waals surface area contributed by atoms with Crippen LogP contribution in [0.5, 0.6) is 0 Å². The predicted octanol–water partition coefficient (Wildman–Crippen LogP) is 1.06. The predicted molar refractivity (Wildman–Crippen MR) is 153 cm³/mol. The largest absolute Gasteiger partial charge is 4.00 e. The van der Waals surface area contributed by atoms with Gasteiger partial charge in [0, 0.05) is 5.92 Å². The van der Waals surface area contributed by atoms with E-state index in [4.69, 9.17) is 5.73 Å². The molecule has 3 unspecified atom stereocenters. The molecule has 2 fully saturated rings. The third kappa shape index (κ3) is 8.68. The molecule has 5 aromatic carbocycles. The Bertz CT molecular complexity index is 1340. The summed E-state index contributed by atoms with van der Waals surface area (Å²) in [5, 5.41) is 8.19. The van der Waals surface area contributed by atoms with Crippen LogP contribution in [0.1, 0.15) is 25.7 Å². The molecule has 5 aromatic rings. The summed E-state index contributed by atoms with van der Waals surface area (Å²) in [4.78, 5) is 10.7. The van der Waals surface area contributed by atoms with Crippen molar-refractivity contribution in [2.45, 2.75) is 25.7 Å². The summed E-state index contributed by atoms with van der Waals surface area (Å²) in [5.41, 5.74) is 6.99. The van der Waals surface area contributed by atoms with Crippen LogP contribution in [0, 0.1) is 17.8 Å². The number of benzene rings is 4. The number of nitrogens with one attached hydrogen (secondary N) is 1. The van der Waals surface area contributed by atoms with E-state index >= 15 is 0 Å². The van der Waals surface area contributed by atoms with Crippen molar-refractivity contribution in [3.63, 3.8) is 0 Å². The number of hydrogen-bond donors (Lipinski definition) is 0. The van der Waals surface area contributed by atoms with Crippen LogP contribution in [0.4, 0.5) is 0 Å². The van der Waals surface area contributed by atoms with E-state index in [1.165, 1.54) is 51.2 Å². The molecule has 39 heavy (non-hydrogen) atoms. The van der Waals surface area contributed by atoms with Gasteiger partial charge in [-0.05, 0) is 31.1 Å². The molecule has 0 spiro atoms. The molecule has 2 nitrogen and oxygen atoms in total. The van der Waals surface area contributed by atoms with Gasteiger partial charge in [0.05, 0.1) is 5.91 Å². The molecule has 7 rings (SSSR count). The molecule has 0 aromatic heterocycles. The first-order valence-electron chi connectivity index (χ1n) is 12.8. The third-order valence-corrected chi connectivity index (χ3v) is 8.68. The average molecular weight is 735 g/mol. The first-order valence-corrected chi connectivity index (χ1v) is 13.8. The maximum absolute atomic E-state index is 10.7. The summed E-state index contributed by atoms with van der Waals surface area (Å²) in [6.07, 6.45) is 4.77. The molecule has 2 radical (unpaired) electrons. The van der Waals surface area contributed by atoms with Gasteiger partial charge in [-0.2, -0.15) is 0 Å². The first-order chi connectivity index (χ1) is 17.7. The zero-order valence-corrected chi connectivity index (χ0v) is 27.8. The molecule has 1 N–H and O–H groups in total. The topological polar surface area (TPSA) is 40.9 Å². The number of halogens is 2. The molecule has 6 heteroatoms. The van der Waals surface area contributed by atoms with E-state index in [-0.39, 0.29) is 62.5 Å². The summed E-state index contributed by atoms with van der Waals surface area (Å²) in [6.45, 7) is 0. The van der Waals surface area contributed by atoms with Crippen molar-refractivity contribution in [3.05, 3.63) is 121 Å². The molecule has 196 valence electrons. The molecular formula is C33H31Cl2HfNOSi. The number of carbonyl (C=O) groups is 1. The van der Waals surface area contributed by atoms with Crippen LogP contribution in [0.15, 0.2) is 115 Å². The third-order valence-electron chi connectivity index (χ3n) is 7.43. The van der Waals surface area contributed by atoms with Gasteiger partial charge in [-0.15, -0.1) is 39.7 Å². The monoisotopic (exact) mass is 735 g/mol. The Morgan fingerprint density at radius 3 is 1.51 bits per heavy atom. The number of fused-ring (bicyclic) bond motifs is 5. The molecule has 0 saturated heterocycles. The van der Waals surface area contributed by atoms with Crippen LogP contribution < -0.4 is 35.2 Å². The Kier molecular flexibility index (Phi) is 13.8. The fourth-order valence-corrected chi connectivity index (χ4v) is 6.73. The fourth-order valence-electron chi connectivity index (χ4n) is 5.68. The van der Waals surface area contributed by atoms with Crippen molar-refractivity contribution in [2.24, 2.45) is 17.8 Å². The van der Waals surface area contributed by atoms with Gasteiger partial charge < -0.3 is 35.3 Å². The van der Waals surface area contributed by atoms with Gasteiger partial charge in [0.15, 0.2) is 0 Å². The summed E-state index contributed by atoms with van der Waals surface area (Å²) in [6, 6.07) is 40.4. The van der Waals surface area contributed by atoms with E-state index in [1.807, 2.05) is 0 Å². The van der Waals surface area contributed by atoms with Crippen molar-refractivity contribution in [2.75, 3.05) is 0 Å². The molecule has 3 atom stereocenters. The summed E-state index contributed by atoms with van der Waals surface area (Å²) >= 11 is 0. The van der Waals surface area contributed by atoms with E-state index < -0.39 is 0 Å². The normalized spacial score (nSPS) is 18.3. The van der Waals surface area contributed by atoms with Crippen LogP contribution in [-0.4, -0.2) is 15.4 Å². The Labute approximate surface area is 265 Å². The van der Waals surface area contributed by atoms with Crippen LogP contribution in [0.25, 0.3) is 27.3 Å². The van der Waals surface area contributed by atoms with E-state index in [9.17, 15) is 4.79 Å². The Hall–Kier alpha value is -2.11.